The van der Waals surface area contributed by atoms with E-state index in [2.05, 4.69) is 4.98 Å². The monoisotopic (exact) mass is 377 g/mol. The van der Waals surface area contributed by atoms with Crippen LogP contribution in [-0.2, 0) is 16.1 Å². The number of aryl methyl sites for hydroxylation is 1. The van der Waals surface area contributed by atoms with Crippen molar-refractivity contribution in [1.29, 1.82) is 5.26 Å². The molecule has 0 amide bonds. The van der Waals surface area contributed by atoms with E-state index in [1.807, 2.05) is 41.9 Å². The Bertz CT molecular complexity index is 1060. The van der Waals surface area contributed by atoms with Crippen LogP contribution in [-0.4, -0.2) is 29.1 Å². The van der Waals surface area contributed by atoms with Gasteiger partial charge in [-0.1, -0.05) is 12.1 Å². The number of aromatic nitrogens is 2. The highest BCUT2D eigenvalue weighted by atomic mass is 16.5. The Morgan fingerprint density at radius 1 is 1.25 bits per heavy atom. The number of carbonyl (C=O) groups excluding carboxylic acids is 1. The second-order valence-electron chi connectivity index (χ2n) is 6.00. The normalized spacial score (nSPS) is 10.8. The zero-order chi connectivity index (χ0) is 19.9. The highest BCUT2D eigenvalue weighted by molar-refractivity contribution is 5.87. The molecule has 1 aromatic carbocycles. The third-order valence-electron chi connectivity index (χ3n) is 3.90. The molecule has 3 aromatic rings. The van der Waals surface area contributed by atoms with Crippen molar-refractivity contribution in [2.45, 2.75) is 13.5 Å². The predicted octanol–water partition coefficient (Wildman–Crippen LogP) is 3.31. The number of hydrogen-bond acceptors (Lipinski definition) is 6. The number of nitriles is 1. The quantitative estimate of drug-likeness (QED) is 0.464. The van der Waals surface area contributed by atoms with Gasteiger partial charge in [-0.15, -0.1) is 0 Å². The number of pyridine rings is 1. The SMILES string of the molecule is COc1cc(/C=C/C(=O)OCc2cn3cc(C)ccc3n2)ccc1OCC#N. The van der Waals surface area contributed by atoms with Gasteiger partial charge in [0, 0.05) is 18.5 Å². The number of imidazole rings is 1. The minimum atomic E-state index is -0.475. The molecule has 0 aliphatic heterocycles. The van der Waals surface area contributed by atoms with Crippen LogP contribution in [0.4, 0.5) is 0 Å². The molecule has 0 fully saturated rings. The number of esters is 1. The fourth-order valence-corrected chi connectivity index (χ4v) is 2.60. The van der Waals surface area contributed by atoms with Gasteiger partial charge in [-0.05, 0) is 42.3 Å². The summed E-state index contributed by atoms with van der Waals surface area (Å²) in [6.07, 6.45) is 6.76. The van der Waals surface area contributed by atoms with Gasteiger partial charge in [0.05, 0.1) is 12.8 Å². The summed E-state index contributed by atoms with van der Waals surface area (Å²) in [7, 11) is 1.51. The molecule has 0 N–H and O–H groups in total. The first kappa shape index (κ1) is 19.0. The Balaban J connectivity index is 1.60. The van der Waals surface area contributed by atoms with Gasteiger partial charge in [0.1, 0.15) is 18.3 Å². The maximum Gasteiger partial charge on any atom is 0.331 e. The fourth-order valence-electron chi connectivity index (χ4n) is 2.60. The van der Waals surface area contributed by atoms with Crippen molar-refractivity contribution in [3.63, 3.8) is 0 Å². The molecule has 0 aliphatic rings. The number of hydrogen-bond donors (Lipinski definition) is 0. The van der Waals surface area contributed by atoms with Gasteiger partial charge in [0.25, 0.3) is 0 Å². The van der Waals surface area contributed by atoms with Gasteiger partial charge >= 0.3 is 5.97 Å². The van der Waals surface area contributed by atoms with Crippen LogP contribution in [0.25, 0.3) is 11.7 Å². The lowest BCUT2D eigenvalue weighted by Gasteiger charge is -2.08. The summed E-state index contributed by atoms with van der Waals surface area (Å²) >= 11 is 0. The topological polar surface area (TPSA) is 85.8 Å². The van der Waals surface area contributed by atoms with Gasteiger partial charge in [0.15, 0.2) is 18.1 Å². The lowest BCUT2D eigenvalue weighted by atomic mass is 10.2. The molecule has 2 aromatic heterocycles. The van der Waals surface area contributed by atoms with E-state index in [4.69, 9.17) is 19.5 Å². The van der Waals surface area contributed by atoms with E-state index in [1.165, 1.54) is 13.2 Å². The first-order chi connectivity index (χ1) is 13.6. The molecular formula is C21H19N3O4. The molecule has 7 nitrogen and oxygen atoms in total. The summed E-state index contributed by atoms with van der Waals surface area (Å²) in [5, 5.41) is 8.59. The molecule has 7 heteroatoms. The average Bonchev–Trinajstić information content (AvgIpc) is 3.11. The molecule has 0 saturated heterocycles. The van der Waals surface area contributed by atoms with Gasteiger partial charge in [0.2, 0.25) is 0 Å². The van der Waals surface area contributed by atoms with Crippen LogP contribution in [0.2, 0.25) is 0 Å². The van der Waals surface area contributed by atoms with Gasteiger partial charge in [-0.3, -0.25) is 0 Å². The molecule has 3 rings (SSSR count). The van der Waals surface area contributed by atoms with Crippen LogP contribution < -0.4 is 9.47 Å². The zero-order valence-electron chi connectivity index (χ0n) is 15.6. The highest BCUT2D eigenvalue weighted by Gasteiger charge is 2.06. The Morgan fingerprint density at radius 3 is 2.89 bits per heavy atom. The van der Waals surface area contributed by atoms with E-state index in [-0.39, 0.29) is 13.2 Å². The minimum absolute atomic E-state index is 0.0689. The maximum absolute atomic E-state index is 12.0. The summed E-state index contributed by atoms with van der Waals surface area (Å²) in [5.41, 5.74) is 3.34. The third-order valence-corrected chi connectivity index (χ3v) is 3.90. The Morgan fingerprint density at radius 2 is 2.11 bits per heavy atom. The largest absolute Gasteiger partial charge is 0.493 e. The molecule has 0 radical (unpaired) electrons. The van der Waals surface area contributed by atoms with Gasteiger partial charge in [-0.25, -0.2) is 9.78 Å². The molecule has 0 atom stereocenters. The van der Waals surface area contributed by atoms with E-state index in [0.717, 1.165) is 16.8 Å². The first-order valence-corrected chi connectivity index (χ1v) is 8.56. The van der Waals surface area contributed by atoms with Crippen LogP contribution in [0.15, 0.2) is 48.8 Å². The van der Waals surface area contributed by atoms with Crippen molar-refractivity contribution in [3.8, 4) is 17.6 Å². The maximum atomic E-state index is 12.0. The van der Waals surface area contributed by atoms with Crippen molar-refractivity contribution in [3.05, 3.63) is 65.6 Å². The van der Waals surface area contributed by atoms with E-state index in [1.54, 1.807) is 24.3 Å². The summed E-state index contributed by atoms with van der Waals surface area (Å²) in [5.74, 6) is 0.466. The van der Waals surface area contributed by atoms with Crippen LogP contribution in [0, 0.1) is 18.3 Å². The summed E-state index contributed by atoms with van der Waals surface area (Å²) < 4.78 is 17.7. The van der Waals surface area contributed by atoms with Crippen molar-refractivity contribution >= 4 is 17.7 Å². The molecule has 0 spiro atoms. The molecule has 2 heterocycles. The number of carbonyl (C=O) groups is 1. The van der Waals surface area contributed by atoms with Crippen molar-refractivity contribution in [2.75, 3.05) is 13.7 Å². The number of benzene rings is 1. The zero-order valence-corrected chi connectivity index (χ0v) is 15.6. The van der Waals surface area contributed by atoms with Crippen LogP contribution in [0.1, 0.15) is 16.8 Å². The number of nitrogens with zero attached hydrogens (tertiary/aromatic N) is 3. The summed E-state index contributed by atoms with van der Waals surface area (Å²) in [6.45, 7) is 2.02. The first-order valence-electron chi connectivity index (χ1n) is 8.56. The molecule has 0 aliphatic carbocycles. The second kappa shape index (κ2) is 8.73. The van der Waals surface area contributed by atoms with E-state index in [9.17, 15) is 4.79 Å². The Labute approximate surface area is 162 Å². The molecular weight excluding hydrogens is 358 g/mol. The van der Waals surface area contributed by atoms with Crippen LogP contribution in [0.3, 0.4) is 0 Å². The minimum Gasteiger partial charge on any atom is -0.493 e. The average molecular weight is 377 g/mol. The number of rotatable bonds is 7. The second-order valence-corrected chi connectivity index (χ2v) is 6.00. The smallest absolute Gasteiger partial charge is 0.331 e. The Hall–Kier alpha value is -3.79. The van der Waals surface area contributed by atoms with Crippen molar-refractivity contribution in [1.82, 2.24) is 9.38 Å². The molecule has 0 bridgehead atoms. The van der Waals surface area contributed by atoms with Gasteiger partial charge in [-0.2, -0.15) is 5.26 Å². The van der Waals surface area contributed by atoms with E-state index in [0.29, 0.717) is 17.2 Å². The molecule has 0 saturated carbocycles. The number of ether oxygens (including phenoxy) is 3. The highest BCUT2D eigenvalue weighted by Crippen LogP contribution is 2.28. The van der Waals surface area contributed by atoms with Crippen molar-refractivity contribution in [2.24, 2.45) is 0 Å². The molecule has 0 unspecified atom stereocenters. The number of fused-ring (bicyclic) bond motifs is 1. The van der Waals surface area contributed by atoms with E-state index < -0.39 is 5.97 Å². The third kappa shape index (κ3) is 4.68. The molecule has 28 heavy (non-hydrogen) atoms. The standard InChI is InChI=1S/C21H19N3O4/c1-15-3-7-20-23-17(13-24(20)12-15)14-28-21(25)8-5-16-4-6-18(27-10-9-22)19(11-16)26-2/h3-8,11-13H,10,14H2,1-2H3/b8-5+. The summed E-state index contributed by atoms with van der Waals surface area (Å²) in [4.78, 5) is 16.4. The van der Waals surface area contributed by atoms with Crippen LogP contribution >= 0.6 is 0 Å². The predicted molar refractivity (Wildman–Crippen MR) is 103 cm³/mol. The molecule has 142 valence electrons. The van der Waals surface area contributed by atoms with Crippen molar-refractivity contribution < 1.29 is 19.0 Å². The lowest BCUT2D eigenvalue weighted by molar-refractivity contribution is -0.139. The fraction of sp³-hybridized carbons (Fsp3) is 0.190. The van der Waals surface area contributed by atoms with Crippen LogP contribution in [0.5, 0.6) is 11.5 Å². The Kier molecular flexibility index (Phi) is 5.92. The van der Waals surface area contributed by atoms with Gasteiger partial charge < -0.3 is 18.6 Å². The lowest BCUT2D eigenvalue weighted by Crippen LogP contribution is -2.01. The van der Waals surface area contributed by atoms with E-state index >= 15 is 0 Å². The number of methoxy groups -OCH3 is 1. The summed E-state index contributed by atoms with van der Waals surface area (Å²) in [6, 6.07) is 10.9.